The van der Waals surface area contributed by atoms with Gasteiger partial charge in [-0.25, -0.2) is 14.2 Å². The molecule has 1 saturated heterocycles. The Kier molecular flexibility index (Phi) is 5.08. The Morgan fingerprint density at radius 1 is 1.10 bits per heavy atom. The van der Waals surface area contributed by atoms with Gasteiger partial charge >= 0.3 is 5.97 Å². The van der Waals surface area contributed by atoms with Gasteiger partial charge in [-0.15, -0.1) is 0 Å². The number of imide groups is 1. The molecule has 2 amide bonds. The fourth-order valence-electron chi connectivity index (χ4n) is 3.91. The van der Waals surface area contributed by atoms with Crippen molar-refractivity contribution >= 4 is 29.2 Å². The fraction of sp³-hybridized carbons (Fsp3) is 0.304. The Hall–Kier alpha value is -3.55. The van der Waals surface area contributed by atoms with Crippen LogP contribution in [-0.2, 0) is 24.8 Å². The van der Waals surface area contributed by atoms with Gasteiger partial charge < -0.3 is 9.47 Å². The van der Waals surface area contributed by atoms with E-state index in [0.29, 0.717) is 17.0 Å². The lowest BCUT2D eigenvalue weighted by Crippen LogP contribution is -2.40. The number of rotatable bonds is 5. The molecule has 2 heterocycles. The van der Waals surface area contributed by atoms with Crippen molar-refractivity contribution < 1.29 is 28.2 Å². The molecule has 0 aromatic heterocycles. The van der Waals surface area contributed by atoms with Crippen LogP contribution in [0.15, 0.2) is 53.5 Å². The van der Waals surface area contributed by atoms with E-state index in [1.165, 1.54) is 31.4 Å². The van der Waals surface area contributed by atoms with Crippen LogP contribution in [0.4, 0.5) is 10.1 Å². The van der Waals surface area contributed by atoms with Gasteiger partial charge in [0, 0.05) is 17.9 Å². The highest BCUT2D eigenvalue weighted by molar-refractivity contribution is 6.38. The second kappa shape index (κ2) is 7.61. The normalized spacial score (nSPS) is 23.4. The second-order valence-electron chi connectivity index (χ2n) is 7.77. The van der Waals surface area contributed by atoms with E-state index in [-0.39, 0.29) is 18.1 Å². The number of aliphatic imine (C=N–C) groups is 1. The number of nitrogens with zero attached hydrogens (tertiary/aromatic N) is 2. The largest absolute Gasteiger partial charge is 0.497 e. The third-order valence-corrected chi connectivity index (χ3v) is 5.50. The van der Waals surface area contributed by atoms with Gasteiger partial charge in [0.05, 0.1) is 12.8 Å². The Morgan fingerprint density at radius 2 is 1.74 bits per heavy atom. The van der Waals surface area contributed by atoms with E-state index in [2.05, 4.69) is 4.99 Å². The number of cyclic esters (lactones) is 1. The number of anilines is 1. The van der Waals surface area contributed by atoms with Crippen molar-refractivity contribution in [1.29, 1.82) is 0 Å². The van der Waals surface area contributed by atoms with Crippen LogP contribution >= 0.6 is 0 Å². The number of amides is 2. The molecule has 4 rings (SSSR count). The summed E-state index contributed by atoms with van der Waals surface area (Å²) in [7, 11) is 1.52. The minimum atomic E-state index is -1.72. The van der Waals surface area contributed by atoms with Gasteiger partial charge in [-0.2, -0.15) is 0 Å². The summed E-state index contributed by atoms with van der Waals surface area (Å²) < 4.78 is 24.4. The van der Waals surface area contributed by atoms with E-state index in [1.807, 2.05) is 0 Å². The first-order chi connectivity index (χ1) is 14.8. The van der Waals surface area contributed by atoms with E-state index >= 15 is 0 Å². The first-order valence-corrected chi connectivity index (χ1v) is 9.87. The quantitative estimate of drug-likeness (QED) is 0.544. The molecule has 8 heteroatoms. The Morgan fingerprint density at radius 3 is 2.29 bits per heavy atom. The van der Waals surface area contributed by atoms with Crippen LogP contribution in [0.1, 0.15) is 25.8 Å². The molecule has 0 aliphatic carbocycles. The van der Waals surface area contributed by atoms with Crippen LogP contribution < -0.4 is 9.64 Å². The molecular formula is C23H21FN2O5. The lowest BCUT2D eigenvalue weighted by molar-refractivity contribution is -0.156. The molecule has 1 fully saturated rings. The van der Waals surface area contributed by atoms with Crippen molar-refractivity contribution in [2.24, 2.45) is 16.8 Å². The second-order valence-corrected chi connectivity index (χ2v) is 7.77. The average Bonchev–Trinajstić information content (AvgIpc) is 3.26. The number of carbonyl (C=O) groups is 3. The Labute approximate surface area is 178 Å². The van der Waals surface area contributed by atoms with E-state index < -0.39 is 35.2 Å². The lowest BCUT2D eigenvalue weighted by atomic mass is 9.87. The van der Waals surface area contributed by atoms with Gasteiger partial charge in [-0.05, 0) is 36.4 Å². The molecule has 7 nitrogen and oxygen atoms in total. The number of hydrogen-bond donors (Lipinski definition) is 0. The third-order valence-electron chi connectivity index (χ3n) is 5.50. The number of ether oxygens (including phenoxy) is 2. The topological polar surface area (TPSA) is 85.3 Å². The van der Waals surface area contributed by atoms with Crippen molar-refractivity contribution in [2.45, 2.75) is 26.0 Å². The molecular weight excluding hydrogens is 403 g/mol. The molecule has 0 N–H and O–H groups in total. The van der Waals surface area contributed by atoms with E-state index in [0.717, 1.165) is 4.90 Å². The molecule has 160 valence electrons. The summed E-state index contributed by atoms with van der Waals surface area (Å²) in [6.07, 6.45) is -0.204. The van der Waals surface area contributed by atoms with Crippen molar-refractivity contribution in [2.75, 3.05) is 12.0 Å². The van der Waals surface area contributed by atoms with Crippen molar-refractivity contribution in [3.8, 4) is 5.75 Å². The lowest BCUT2D eigenvalue weighted by Gasteiger charge is -2.30. The molecule has 0 spiro atoms. The van der Waals surface area contributed by atoms with Crippen LogP contribution in [0.5, 0.6) is 5.75 Å². The van der Waals surface area contributed by atoms with Crippen molar-refractivity contribution in [3.05, 3.63) is 59.9 Å². The molecule has 0 radical (unpaired) electrons. The zero-order valence-corrected chi connectivity index (χ0v) is 17.3. The number of halogens is 1. The number of benzene rings is 2. The van der Waals surface area contributed by atoms with Crippen molar-refractivity contribution in [3.63, 3.8) is 0 Å². The summed E-state index contributed by atoms with van der Waals surface area (Å²) in [5.74, 6) is -2.86. The third kappa shape index (κ3) is 3.37. The summed E-state index contributed by atoms with van der Waals surface area (Å²) in [6, 6.07) is 11.7. The Bertz CT molecular complexity index is 1080. The SMILES string of the molecule is COc1ccc(N2C(=O)C[C@H]([C@@]3(c4ccc(F)cc4)N=C(C(C)C)C(=O)O3)C2=O)cc1. The number of hydrogen-bond acceptors (Lipinski definition) is 6. The summed E-state index contributed by atoms with van der Waals surface area (Å²) in [4.78, 5) is 44.5. The summed E-state index contributed by atoms with van der Waals surface area (Å²) in [5, 5.41) is 0. The molecule has 0 unspecified atom stereocenters. The van der Waals surface area contributed by atoms with Crippen LogP contribution in [0.3, 0.4) is 0 Å². The van der Waals surface area contributed by atoms with Crippen LogP contribution in [-0.4, -0.2) is 30.6 Å². The maximum atomic E-state index is 13.6. The van der Waals surface area contributed by atoms with E-state index in [9.17, 15) is 18.8 Å². The summed E-state index contributed by atoms with van der Waals surface area (Å²) in [5.41, 5.74) is -0.837. The zero-order chi connectivity index (χ0) is 22.3. The van der Waals surface area contributed by atoms with Gasteiger partial charge in [-0.3, -0.25) is 14.5 Å². The van der Waals surface area contributed by atoms with Gasteiger partial charge in [0.25, 0.3) is 0 Å². The van der Waals surface area contributed by atoms with Crippen LogP contribution in [0.25, 0.3) is 0 Å². The molecule has 0 saturated carbocycles. The molecule has 31 heavy (non-hydrogen) atoms. The predicted octanol–water partition coefficient (Wildman–Crippen LogP) is 3.22. The van der Waals surface area contributed by atoms with Crippen LogP contribution in [0, 0.1) is 17.7 Å². The molecule has 2 aliphatic rings. The van der Waals surface area contributed by atoms with Gasteiger partial charge in [0.2, 0.25) is 17.5 Å². The smallest absolute Gasteiger partial charge is 0.355 e. The predicted molar refractivity (Wildman–Crippen MR) is 110 cm³/mol. The number of methoxy groups -OCH3 is 1. The molecule has 0 bridgehead atoms. The first-order valence-electron chi connectivity index (χ1n) is 9.87. The summed E-state index contributed by atoms with van der Waals surface area (Å²) in [6.45, 7) is 3.57. The maximum absolute atomic E-state index is 13.6. The summed E-state index contributed by atoms with van der Waals surface area (Å²) >= 11 is 0. The Balaban J connectivity index is 1.79. The van der Waals surface area contributed by atoms with E-state index in [4.69, 9.17) is 9.47 Å². The number of carbonyl (C=O) groups excluding carboxylic acids is 3. The average molecular weight is 424 g/mol. The molecule has 2 aliphatic heterocycles. The highest BCUT2D eigenvalue weighted by atomic mass is 19.1. The minimum absolute atomic E-state index is 0.174. The van der Waals surface area contributed by atoms with Gasteiger partial charge in [-0.1, -0.05) is 26.0 Å². The monoisotopic (exact) mass is 424 g/mol. The van der Waals surface area contributed by atoms with Gasteiger partial charge in [0.15, 0.2) is 0 Å². The highest BCUT2D eigenvalue weighted by Crippen LogP contribution is 2.46. The fourth-order valence-corrected chi connectivity index (χ4v) is 3.91. The first kappa shape index (κ1) is 20.7. The minimum Gasteiger partial charge on any atom is -0.497 e. The molecule has 2 atom stereocenters. The molecule has 2 aromatic carbocycles. The molecule has 2 aromatic rings. The van der Waals surface area contributed by atoms with Gasteiger partial charge in [0.1, 0.15) is 23.2 Å². The van der Waals surface area contributed by atoms with E-state index in [1.54, 1.807) is 38.1 Å². The van der Waals surface area contributed by atoms with Crippen molar-refractivity contribution in [1.82, 2.24) is 0 Å². The van der Waals surface area contributed by atoms with Crippen LogP contribution in [0.2, 0.25) is 0 Å². The standard InChI is InChI=1S/C23H21FN2O5/c1-13(2)20-22(29)31-23(25-20,14-4-6-15(24)7-5-14)18-12-19(27)26(21(18)28)16-8-10-17(30-3)11-9-16/h4-11,13,18H,12H2,1-3H3/t18-,23-/m0/s1. The maximum Gasteiger partial charge on any atom is 0.355 e. The zero-order valence-electron chi connectivity index (χ0n) is 17.3. The highest BCUT2D eigenvalue weighted by Gasteiger charge is 2.58. The number of esters is 1.